The summed E-state index contributed by atoms with van der Waals surface area (Å²) >= 11 is 3.60. The minimum Gasteiger partial charge on any atom is -0.303 e. The van der Waals surface area contributed by atoms with Gasteiger partial charge in [-0.3, -0.25) is 0 Å². The Morgan fingerprint density at radius 1 is 1.43 bits per heavy atom. The molecule has 0 amide bonds. The van der Waals surface area contributed by atoms with Crippen molar-refractivity contribution in [2.24, 2.45) is 11.8 Å². The Labute approximate surface area is 97.4 Å². The quantitative estimate of drug-likeness (QED) is 0.685. The lowest BCUT2D eigenvalue weighted by atomic mass is 9.99. The molecule has 14 heavy (non-hydrogen) atoms. The molecule has 0 radical (unpaired) electrons. The van der Waals surface area contributed by atoms with E-state index >= 15 is 0 Å². The van der Waals surface area contributed by atoms with Crippen LogP contribution in [0.15, 0.2) is 0 Å². The van der Waals surface area contributed by atoms with Gasteiger partial charge in [0.15, 0.2) is 0 Å². The van der Waals surface area contributed by atoms with E-state index < -0.39 is 0 Å². The molecule has 0 aromatic heterocycles. The monoisotopic (exact) mass is 261 g/mol. The van der Waals surface area contributed by atoms with Crippen LogP contribution >= 0.6 is 15.9 Å². The zero-order valence-corrected chi connectivity index (χ0v) is 11.2. The third-order valence-corrected chi connectivity index (χ3v) is 3.99. The summed E-state index contributed by atoms with van der Waals surface area (Å²) in [6.45, 7) is 8.61. The van der Waals surface area contributed by atoms with Crippen molar-refractivity contribution in [2.75, 3.05) is 25.0 Å². The molecule has 1 saturated heterocycles. The van der Waals surface area contributed by atoms with E-state index in [0.717, 1.165) is 11.8 Å². The summed E-state index contributed by atoms with van der Waals surface area (Å²) in [6.07, 6.45) is 5.59. The van der Waals surface area contributed by atoms with Gasteiger partial charge < -0.3 is 4.90 Å². The zero-order chi connectivity index (χ0) is 10.4. The zero-order valence-electron chi connectivity index (χ0n) is 9.64. The fourth-order valence-electron chi connectivity index (χ4n) is 2.20. The van der Waals surface area contributed by atoms with Gasteiger partial charge >= 0.3 is 0 Å². The molecule has 0 bridgehead atoms. The Hall–Kier alpha value is 0.440. The van der Waals surface area contributed by atoms with E-state index in [4.69, 9.17) is 0 Å². The van der Waals surface area contributed by atoms with Gasteiger partial charge in [0.2, 0.25) is 0 Å². The van der Waals surface area contributed by atoms with Gasteiger partial charge in [0, 0.05) is 11.9 Å². The van der Waals surface area contributed by atoms with Crippen LogP contribution in [0.2, 0.25) is 0 Å². The molecule has 1 nitrogen and oxygen atoms in total. The molecule has 0 aromatic carbocycles. The molecule has 1 aliphatic heterocycles. The molecule has 0 spiro atoms. The second-order valence-electron chi connectivity index (χ2n) is 5.00. The van der Waals surface area contributed by atoms with Gasteiger partial charge in [-0.1, -0.05) is 29.8 Å². The number of hydrogen-bond acceptors (Lipinski definition) is 1. The average Bonchev–Trinajstić information content (AvgIpc) is 2.18. The molecule has 1 rings (SSSR count). The van der Waals surface area contributed by atoms with Crippen molar-refractivity contribution in [3.8, 4) is 0 Å². The summed E-state index contributed by atoms with van der Waals surface area (Å²) in [6, 6.07) is 0. The summed E-state index contributed by atoms with van der Waals surface area (Å²) in [5.41, 5.74) is 0. The highest BCUT2D eigenvalue weighted by atomic mass is 79.9. The summed E-state index contributed by atoms with van der Waals surface area (Å²) in [5, 5.41) is 1.19. The molecule has 1 atom stereocenters. The first kappa shape index (κ1) is 12.5. The Morgan fingerprint density at radius 2 is 2.21 bits per heavy atom. The van der Waals surface area contributed by atoms with Crippen molar-refractivity contribution in [2.45, 2.75) is 39.5 Å². The summed E-state index contributed by atoms with van der Waals surface area (Å²) < 4.78 is 0. The van der Waals surface area contributed by atoms with E-state index in [-0.39, 0.29) is 0 Å². The fourth-order valence-corrected chi connectivity index (χ4v) is 2.73. The van der Waals surface area contributed by atoms with Gasteiger partial charge in [0.05, 0.1) is 0 Å². The summed E-state index contributed by atoms with van der Waals surface area (Å²) in [5.74, 6) is 1.77. The first-order valence-electron chi connectivity index (χ1n) is 6.00. The van der Waals surface area contributed by atoms with Crippen molar-refractivity contribution in [1.29, 1.82) is 0 Å². The topological polar surface area (TPSA) is 3.24 Å². The number of piperidine rings is 1. The first-order valence-corrected chi connectivity index (χ1v) is 7.13. The predicted molar refractivity (Wildman–Crippen MR) is 67.0 cm³/mol. The molecule has 0 saturated carbocycles. The van der Waals surface area contributed by atoms with Crippen molar-refractivity contribution in [3.05, 3.63) is 0 Å². The third-order valence-electron chi connectivity index (χ3n) is 3.08. The van der Waals surface area contributed by atoms with Crippen molar-refractivity contribution in [1.82, 2.24) is 4.90 Å². The van der Waals surface area contributed by atoms with Crippen molar-refractivity contribution < 1.29 is 0 Å². The number of likely N-dealkylation sites (tertiary alicyclic amines) is 1. The van der Waals surface area contributed by atoms with Gasteiger partial charge in [0.25, 0.3) is 0 Å². The van der Waals surface area contributed by atoms with Gasteiger partial charge in [-0.05, 0) is 50.6 Å². The minimum atomic E-state index is 0.867. The molecular formula is C12H24BrN. The van der Waals surface area contributed by atoms with Crippen LogP contribution in [0, 0.1) is 11.8 Å². The van der Waals surface area contributed by atoms with Gasteiger partial charge in [0.1, 0.15) is 0 Å². The predicted octanol–water partition coefficient (Wildman–Crippen LogP) is 3.53. The lowest BCUT2D eigenvalue weighted by Crippen LogP contribution is -2.36. The van der Waals surface area contributed by atoms with Crippen LogP contribution in [-0.4, -0.2) is 29.9 Å². The largest absolute Gasteiger partial charge is 0.303 e. The normalized spacial score (nSPS) is 24.4. The SMILES string of the molecule is CC(C)CCCN1CCCC(CBr)C1. The van der Waals surface area contributed by atoms with Crippen molar-refractivity contribution >= 4 is 15.9 Å². The second kappa shape index (κ2) is 6.84. The fraction of sp³-hybridized carbons (Fsp3) is 1.00. The maximum absolute atomic E-state index is 3.60. The highest BCUT2D eigenvalue weighted by Gasteiger charge is 2.18. The van der Waals surface area contributed by atoms with Gasteiger partial charge in [-0.2, -0.15) is 0 Å². The molecular weight excluding hydrogens is 238 g/mol. The lowest BCUT2D eigenvalue weighted by Gasteiger charge is -2.31. The number of rotatable bonds is 5. The molecule has 1 unspecified atom stereocenters. The molecule has 2 heteroatoms. The van der Waals surface area contributed by atoms with Gasteiger partial charge in [-0.25, -0.2) is 0 Å². The lowest BCUT2D eigenvalue weighted by molar-refractivity contribution is 0.182. The Balaban J connectivity index is 2.11. The second-order valence-corrected chi connectivity index (χ2v) is 5.65. The maximum Gasteiger partial charge on any atom is 0.00718 e. The highest BCUT2D eigenvalue weighted by molar-refractivity contribution is 9.09. The van der Waals surface area contributed by atoms with Crippen LogP contribution in [0.25, 0.3) is 0 Å². The van der Waals surface area contributed by atoms with E-state index in [1.807, 2.05) is 0 Å². The van der Waals surface area contributed by atoms with Crippen LogP contribution in [0.1, 0.15) is 39.5 Å². The molecule has 1 fully saturated rings. The number of nitrogens with zero attached hydrogens (tertiary/aromatic N) is 1. The Kier molecular flexibility index (Phi) is 6.11. The molecule has 0 aliphatic carbocycles. The van der Waals surface area contributed by atoms with Crippen LogP contribution in [0.4, 0.5) is 0 Å². The van der Waals surface area contributed by atoms with Crippen LogP contribution in [0.5, 0.6) is 0 Å². The van der Waals surface area contributed by atoms with E-state index in [1.54, 1.807) is 0 Å². The molecule has 0 N–H and O–H groups in total. The number of hydrogen-bond donors (Lipinski definition) is 0. The Morgan fingerprint density at radius 3 is 2.86 bits per heavy atom. The molecule has 84 valence electrons. The molecule has 1 heterocycles. The van der Waals surface area contributed by atoms with E-state index in [2.05, 4.69) is 34.7 Å². The van der Waals surface area contributed by atoms with Gasteiger partial charge in [-0.15, -0.1) is 0 Å². The standard InChI is InChI=1S/C12H24BrN/c1-11(2)5-3-7-14-8-4-6-12(9-13)10-14/h11-12H,3-10H2,1-2H3. The first-order chi connectivity index (χ1) is 6.72. The highest BCUT2D eigenvalue weighted by Crippen LogP contribution is 2.18. The summed E-state index contributed by atoms with van der Waals surface area (Å²) in [7, 11) is 0. The molecule has 1 aliphatic rings. The van der Waals surface area contributed by atoms with Crippen LogP contribution in [-0.2, 0) is 0 Å². The average molecular weight is 262 g/mol. The van der Waals surface area contributed by atoms with Crippen LogP contribution in [0.3, 0.4) is 0 Å². The Bertz CT molecular complexity index is 147. The smallest absolute Gasteiger partial charge is 0.00718 e. The minimum absolute atomic E-state index is 0.867. The molecule has 0 aromatic rings. The maximum atomic E-state index is 3.60. The number of halogens is 1. The van der Waals surface area contributed by atoms with Crippen molar-refractivity contribution in [3.63, 3.8) is 0 Å². The van der Waals surface area contributed by atoms with Crippen LogP contribution < -0.4 is 0 Å². The third kappa shape index (κ3) is 4.79. The summed E-state index contributed by atoms with van der Waals surface area (Å²) in [4.78, 5) is 2.65. The van der Waals surface area contributed by atoms with E-state index in [0.29, 0.717) is 0 Å². The van der Waals surface area contributed by atoms with E-state index in [9.17, 15) is 0 Å². The number of alkyl halides is 1. The van der Waals surface area contributed by atoms with E-state index in [1.165, 1.54) is 50.6 Å².